The number of anilines is 2. The molecule has 0 saturated carbocycles. The molecule has 0 fully saturated rings. The van der Waals surface area contributed by atoms with Gasteiger partial charge in [0, 0.05) is 32.7 Å². The van der Waals surface area contributed by atoms with Gasteiger partial charge < -0.3 is 4.18 Å². The largest absolute Gasteiger partial charge is 0.421 e. The fourth-order valence-electron chi connectivity index (χ4n) is 5.18. The fraction of sp³-hybridized carbons (Fsp3) is 0.0323. The molecule has 3 heteroatoms. The van der Waals surface area contributed by atoms with Crippen LogP contribution in [0.1, 0.15) is 5.56 Å². The van der Waals surface area contributed by atoms with Crippen molar-refractivity contribution in [2.24, 2.45) is 0 Å². The summed E-state index contributed by atoms with van der Waals surface area (Å²) in [5, 5.41) is 0. The average Bonchev–Trinajstić information content (AvgIpc) is 3.08. The van der Waals surface area contributed by atoms with E-state index in [0.717, 1.165) is 22.7 Å². The highest BCUT2D eigenvalue weighted by Crippen LogP contribution is 2.77. The fourth-order valence-corrected chi connectivity index (χ4v) is 8.80. The lowest BCUT2D eigenvalue weighted by molar-refractivity contribution is 0.619. The number of para-hydroxylation sites is 2. The van der Waals surface area contributed by atoms with E-state index in [9.17, 15) is 0 Å². The molecule has 2 heterocycles. The van der Waals surface area contributed by atoms with Crippen molar-refractivity contribution < 1.29 is 4.18 Å². The summed E-state index contributed by atoms with van der Waals surface area (Å²) in [6.45, 7) is 2.13. The standard InChI is InChI=1S/C31H23NOS/c1-22-18-20-23(21-19-22)32-28-14-6-2-10-24(28)25-11-3-7-15-29(25)33-34(32)30-16-8-4-12-26(30)27-13-5-9-17-31(27)34/h2-21H,1H3. The highest BCUT2D eigenvalue weighted by molar-refractivity contribution is 8.32. The molecule has 0 atom stereocenters. The van der Waals surface area contributed by atoms with Crippen LogP contribution in [-0.2, 0) is 0 Å². The third-order valence-corrected chi connectivity index (χ3v) is 9.94. The first kappa shape index (κ1) is 19.5. The lowest BCUT2D eigenvalue weighted by Gasteiger charge is -2.46. The molecule has 0 aromatic heterocycles. The molecule has 0 unspecified atom stereocenters. The van der Waals surface area contributed by atoms with Crippen LogP contribution < -0.4 is 8.49 Å². The topological polar surface area (TPSA) is 12.5 Å². The van der Waals surface area contributed by atoms with E-state index in [0.29, 0.717) is 0 Å². The van der Waals surface area contributed by atoms with Gasteiger partial charge >= 0.3 is 0 Å². The molecule has 0 amide bonds. The second-order valence-corrected chi connectivity index (χ2v) is 11.2. The van der Waals surface area contributed by atoms with Crippen LogP contribution in [0.25, 0.3) is 22.3 Å². The summed E-state index contributed by atoms with van der Waals surface area (Å²) >= 11 is 0. The van der Waals surface area contributed by atoms with Gasteiger partial charge in [-0.15, -0.1) is 0 Å². The van der Waals surface area contributed by atoms with Gasteiger partial charge in [0.05, 0.1) is 21.2 Å². The minimum absolute atomic E-state index is 0.922. The Labute approximate surface area is 201 Å². The molecular weight excluding hydrogens is 434 g/mol. The zero-order valence-electron chi connectivity index (χ0n) is 18.8. The Morgan fingerprint density at radius 1 is 0.529 bits per heavy atom. The van der Waals surface area contributed by atoms with Gasteiger partial charge in [0.1, 0.15) is 5.75 Å². The summed E-state index contributed by atoms with van der Waals surface area (Å²) < 4.78 is 9.83. The summed E-state index contributed by atoms with van der Waals surface area (Å²) in [5.41, 5.74) is 8.35. The van der Waals surface area contributed by atoms with Crippen molar-refractivity contribution >= 4 is 21.9 Å². The summed E-state index contributed by atoms with van der Waals surface area (Å²) in [6, 6.07) is 43.5. The Kier molecular flexibility index (Phi) is 4.18. The number of aryl methyl sites for hydroxylation is 1. The first-order chi connectivity index (χ1) is 16.8. The van der Waals surface area contributed by atoms with Gasteiger partial charge in [-0.25, -0.2) is 0 Å². The van der Waals surface area contributed by atoms with Crippen molar-refractivity contribution in [3.8, 4) is 28.0 Å². The van der Waals surface area contributed by atoms with Crippen LogP contribution >= 0.6 is 10.5 Å². The van der Waals surface area contributed by atoms with Crippen LogP contribution in [0.2, 0.25) is 0 Å². The Balaban J connectivity index is 1.66. The van der Waals surface area contributed by atoms with Crippen molar-refractivity contribution in [2.75, 3.05) is 4.31 Å². The van der Waals surface area contributed by atoms with E-state index in [1.807, 2.05) is 0 Å². The first-order valence-corrected chi connectivity index (χ1v) is 13.1. The summed E-state index contributed by atoms with van der Waals surface area (Å²) in [5.74, 6) is 0.922. The monoisotopic (exact) mass is 457 g/mol. The smallest absolute Gasteiger partial charge is 0.146 e. The molecule has 5 aromatic rings. The molecule has 2 aliphatic rings. The van der Waals surface area contributed by atoms with Gasteiger partial charge in [0.25, 0.3) is 0 Å². The van der Waals surface area contributed by atoms with Crippen LogP contribution in [0.5, 0.6) is 5.75 Å². The van der Waals surface area contributed by atoms with E-state index in [-0.39, 0.29) is 0 Å². The quantitative estimate of drug-likeness (QED) is 0.249. The maximum absolute atomic E-state index is 7.35. The number of hydrogen-bond acceptors (Lipinski definition) is 2. The maximum atomic E-state index is 7.35. The van der Waals surface area contributed by atoms with Crippen LogP contribution in [0.3, 0.4) is 0 Å². The molecule has 0 aliphatic carbocycles. The third-order valence-electron chi connectivity index (χ3n) is 6.70. The Bertz CT molecular complexity index is 1500. The summed E-state index contributed by atoms with van der Waals surface area (Å²) in [7, 11) is -2.12. The lowest BCUT2D eigenvalue weighted by atomic mass is 10.0. The van der Waals surface area contributed by atoms with Crippen molar-refractivity contribution in [1.82, 2.24) is 0 Å². The maximum Gasteiger partial charge on any atom is 0.146 e. The van der Waals surface area contributed by atoms with Crippen LogP contribution in [-0.4, -0.2) is 0 Å². The molecule has 7 rings (SSSR count). The molecule has 1 spiro atoms. The van der Waals surface area contributed by atoms with Crippen LogP contribution in [0, 0.1) is 6.92 Å². The average molecular weight is 458 g/mol. The molecular formula is C31H23NOS. The second-order valence-electron chi connectivity index (χ2n) is 8.74. The van der Waals surface area contributed by atoms with Crippen molar-refractivity contribution in [3.05, 3.63) is 127 Å². The Morgan fingerprint density at radius 3 is 1.74 bits per heavy atom. The van der Waals surface area contributed by atoms with Gasteiger partial charge in [0.2, 0.25) is 0 Å². The van der Waals surface area contributed by atoms with E-state index < -0.39 is 10.5 Å². The predicted molar refractivity (Wildman–Crippen MR) is 142 cm³/mol. The van der Waals surface area contributed by atoms with Gasteiger partial charge in [-0.05, 0) is 43.3 Å². The predicted octanol–water partition coefficient (Wildman–Crippen LogP) is 8.93. The normalized spacial score (nSPS) is 15.4. The number of hydrogen-bond donors (Lipinski definition) is 0. The highest BCUT2D eigenvalue weighted by Gasteiger charge is 2.49. The summed E-state index contributed by atoms with van der Waals surface area (Å²) in [4.78, 5) is 2.48. The zero-order valence-corrected chi connectivity index (χ0v) is 19.6. The van der Waals surface area contributed by atoms with Gasteiger partial charge in [-0.1, -0.05) is 90.5 Å². The number of rotatable bonds is 1. The molecule has 0 radical (unpaired) electrons. The Hall–Kier alpha value is -3.95. The minimum atomic E-state index is -2.12. The molecule has 0 N–H and O–H groups in total. The molecule has 2 aliphatic heterocycles. The van der Waals surface area contributed by atoms with Crippen LogP contribution in [0.4, 0.5) is 11.4 Å². The molecule has 0 bridgehead atoms. The molecule has 0 saturated heterocycles. The highest BCUT2D eigenvalue weighted by atomic mass is 32.3. The molecule has 34 heavy (non-hydrogen) atoms. The van der Waals surface area contributed by atoms with Crippen molar-refractivity contribution in [2.45, 2.75) is 16.7 Å². The number of fused-ring (bicyclic) bond motifs is 8. The summed E-state index contributed by atoms with van der Waals surface area (Å²) in [6.07, 6.45) is 0. The zero-order chi connectivity index (χ0) is 22.7. The lowest BCUT2D eigenvalue weighted by Crippen LogP contribution is -2.26. The number of benzene rings is 5. The molecule has 164 valence electrons. The number of nitrogens with zero attached hydrogens (tertiary/aromatic N) is 1. The van der Waals surface area contributed by atoms with E-state index in [1.54, 1.807) is 0 Å². The van der Waals surface area contributed by atoms with E-state index in [1.165, 1.54) is 32.0 Å². The van der Waals surface area contributed by atoms with Gasteiger partial charge in [0.15, 0.2) is 0 Å². The SMILES string of the molecule is Cc1ccc(N2c3ccccc3-c3ccccc3OS23c2ccccc2-c2ccccc23)cc1. The van der Waals surface area contributed by atoms with E-state index >= 15 is 0 Å². The van der Waals surface area contributed by atoms with Gasteiger partial charge in [-0.3, -0.25) is 4.31 Å². The first-order valence-electron chi connectivity index (χ1n) is 11.5. The van der Waals surface area contributed by atoms with Gasteiger partial charge in [-0.2, -0.15) is 0 Å². The van der Waals surface area contributed by atoms with Crippen molar-refractivity contribution in [1.29, 1.82) is 0 Å². The van der Waals surface area contributed by atoms with Crippen LogP contribution in [0.15, 0.2) is 131 Å². The third kappa shape index (κ3) is 2.59. The van der Waals surface area contributed by atoms with E-state index in [4.69, 9.17) is 4.18 Å². The van der Waals surface area contributed by atoms with E-state index in [2.05, 4.69) is 133 Å². The molecule has 5 aromatic carbocycles. The van der Waals surface area contributed by atoms with Crippen molar-refractivity contribution in [3.63, 3.8) is 0 Å². The second kappa shape index (κ2) is 7.28. The minimum Gasteiger partial charge on any atom is -0.421 e. The Morgan fingerprint density at radius 2 is 1.06 bits per heavy atom. The molecule has 2 nitrogen and oxygen atoms in total.